The molecule has 0 spiro atoms. The molecule has 0 fully saturated rings. The summed E-state index contributed by atoms with van der Waals surface area (Å²) in [5.41, 5.74) is 1.21. The van der Waals surface area contributed by atoms with E-state index >= 15 is 0 Å². The van der Waals surface area contributed by atoms with E-state index in [9.17, 15) is 4.79 Å². The first-order chi connectivity index (χ1) is 8.86. The van der Waals surface area contributed by atoms with Gasteiger partial charge in [-0.05, 0) is 30.3 Å². The summed E-state index contributed by atoms with van der Waals surface area (Å²) in [6.07, 6.45) is 0.727. The molecule has 0 aliphatic heterocycles. The Labute approximate surface area is 103 Å². The third-order valence-corrected chi connectivity index (χ3v) is 2.65. The van der Waals surface area contributed by atoms with Gasteiger partial charge in [-0.15, -0.1) is 0 Å². The molecule has 1 aromatic heterocycles. The van der Waals surface area contributed by atoms with Crippen LogP contribution in [0.2, 0.25) is 0 Å². The number of aldehydes is 1. The normalized spacial score (nSPS) is 10.4. The number of benzene rings is 2. The molecule has 0 bridgehead atoms. The van der Waals surface area contributed by atoms with E-state index in [0.717, 1.165) is 22.9 Å². The number of rotatable bonds is 3. The van der Waals surface area contributed by atoms with Crippen LogP contribution in [-0.4, -0.2) is 16.5 Å². The van der Waals surface area contributed by atoms with Crippen molar-refractivity contribution in [3.05, 3.63) is 54.2 Å². The molecule has 88 valence electrons. The second-order valence-electron chi connectivity index (χ2n) is 3.85. The summed E-state index contributed by atoms with van der Waals surface area (Å²) in [5, 5.41) is 7.47. The number of carbonyl (C=O) groups is 1. The third-order valence-electron chi connectivity index (χ3n) is 2.65. The summed E-state index contributed by atoms with van der Waals surface area (Å²) in [7, 11) is 0. The van der Waals surface area contributed by atoms with E-state index in [1.807, 2.05) is 42.5 Å². The average molecular weight is 238 g/mol. The summed E-state index contributed by atoms with van der Waals surface area (Å²) >= 11 is 0. The third kappa shape index (κ3) is 1.84. The second-order valence-corrected chi connectivity index (χ2v) is 3.85. The molecule has 0 radical (unpaired) electrons. The highest BCUT2D eigenvalue weighted by Crippen LogP contribution is 2.25. The van der Waals surface area contributed by atoms with Crippen LogP contribution >= 0.6 is 0 Å². The van der Waals surface area contributed by atoms with E-state index in [1.54, 1.807) is 6.07 Å². The SMILES string of the molecule is O=Cc1n[nH]c2ccc(Oc3ccccc3)cc12. The number of fused-ring (bicyclic) bond motifs is 1. The van der Waals surface area contributed by atoms with Crippen molar-refractivity contribution in [2.75, 3.05) is 0 Å². The number of aromatic amines is 1. The van der Waals surface area contributed by atoms with Crippen molar-refractivity contribution < 1.29 is 9.53 Å². The Morgan fingerprint density at radius 3 is 2.67 bits per heavy atom. The van der Waals surface area contributed by atoms with Crippen LogP contribution < -0.4 is 4.74 Å². The average Bonchev–Trinajstić information content (AvgIpc) is 2.82. The monoisotopic (exact) mass is 238 g/mol. The van der Waals surface area contributed by atoms with E-state index in [2.05, 4.69) is 10.2 Å². The van der Waals surface area contributed by atoms with Gasteiger partial charge < -0.3 is 4.74 Å². The molecule has 0 aliphatic rings. The first kappa shape index (κ1) is 10.5. The van der Waals surface area contributed by atoms with Gasteiger partial charge >= 0.3 is 0 Å². The Balaban J connectivity index is 2.00. The van der Waals surface area contributed by atoms with Crippen LogP contribution in [0.25, 0.3) is 10.9 Å². The van der Waals surface area contributed by atoms with Crippen molar-refractivity contribution in [3.63, 3.8) is 0 Å². The maximum atomic E-state index is 10.8. The second kappa shape index (κ2) is 4.33. The quantitative estimate of drug-likeness (QED) is 0.713. The van der Waals surface area contributed by atoms with Gasteiger partial charge in [0, 0.05) is 5.39 Å². The molecule has 0 aliphatic carbocycles. The lowest BCUT2D eigenvalue weighted by Gasteiger charge is -2.05. The van der Waals surface area contributed by atoms with E-state index in [0.29, 0.717) is 11.4 Å². The molecule has 4 heteroatoms. The number of H-pyrrole nitrogens is 1. The Morgan fingerprint density at radius 2 is 1.89 bits per heavy atom. The number of para-hydroxylation sites is 1. The van der Waals surface area contributed by atoms with Crippen LogP contribution in [0.15, 0.2) is 48.5 Å². The van der Waals surface area contributed by atoms with Crippen molar-refractivity contribution in [3.8, 4) is 11.5 Å². The number of nitrogens with zero attached hydrogens (tertiary/aromatic N) is 1. The minimum absolute atomic E-state index is 0.392. The smallest absolute Gasteiger partial charge is 0.170 e. The molecule has 3 rings (SSSR count). The van der Waals surface area contributed by atoms with Gasteiger partial charge in [-0.3, -0.25) is 9.89 Å². The van der Waals surface area contributed by atoms with Gasteiger partial charge in [0.1, 0.15) is 17.2 Å². The first-order valence-corrected chi connectivity index (χ1v) is 5.53. The molecule has 0 saturated carbocycles. The number of hydrogen-bond acceptors (Lipinski definition) is 3. The highest BCUT2D eigenvalue weighted by molar-refractivity contribution is 5.95. The molecular weight excluding hydrogens is 228 g/mol. The van der Waals surface area contributed by atoms with Gasteiger partial charge in [-0.25, -0.2) is 0 Å². The van der Waals surface area contributed by atoms with Gasteiger partial charge in [-0.1, -0.05) is 18.2 Å². The topological polar surface area (TPSA) is 55.0 Å². The number of hydrogen-bond donors (Lipinski definition) is 1. The van der Waals surface area contributed by atoms with E-state index < -0.39 is 0 Å². The summed E-state index contributed by atoms with van der Waals surface area (Å²) in [6, 6.07) is 15.0. The Hall–Kier alpha value is -2.62. The molecule has 0 amide bonds. The number of aromatic nitrogens is 2. The first-order valence-electron chi connectivity index (χ1n) is 5.53. The van der Waals surface area contributed by atoms with Crippen LogP contribution in [0, 0.1) is 0 Å². The molecule has 18 heavy (non-hydrogen) atoms. The lowest BCUT2D eigenvalue weighted by atomic mass is 10.2. The number of ether oxygens (including phenoxy) is 1. The predicted octanol–water partition coefficient (Wildman–Crippen LogP) is 3.17. The fourth-order valence-corrected chi connectivity index (χ4v) is 1.79. The summed E-state index contributed by atoms with van der Waals surface area (Å²) in [6.45, 7) is 0. The zero-order chi connectivity index (χ0) is 12.4. The van der Waals surface area contributed by atoms with Crippen LogP contribution in [0.3, 0.4) is 0 Å². The van der Waals surface area contributed by atoms with Crippen molar-refractivity contribution in [2.45, 2.75) is 0 Å². The maximum absolute atomic E-state index is 10.8. The van der Waals surface area contributed by atoms with Crippen LogP contribution in [0.1, 0.15) is 10.5 Å². The van der Waals surface area contributed by atoms with Gasteiger partial charge in [-0.2, -0.15) is 5.10 Å². The fourth-order valence-electron chi connectivity index (χ4n) is 1.79. The van der Waals surface area contributed by atoms with Gasteiger partial charge in [0.2, 0.25) is 0 Å². The van der Waals surface area contributed by atoms with E-state index in [4.69, 9.17) is 4.74 Å². The zero-order valence-corrected chi connectivity index (χ0v) is 9.46. The Kier molecular flexibility index (Phi) is 2.53. The molecule has 1 N–H and O–H groups in total. The largest absolute Gasteiger partial charge is 0.457 e. The van der Waals surface area contributed by atoms with Gasteiger partial charge in [0.15, 0.2) is 6.29 Å². The van der Waals surface area contributed by atoms with Crippen molar-refractivity contribution >= 4 is 17.2 Å². The van der Waals surface area contributed by atoms with Crippen molar-refractivity contribution in [1.82, 2.24) is 10.2 Å². The van der Waals surface area contributed by atoms with Crippen LogP contribution in [0.5, 0.6) is 11.5 Å². The molecule has 0 atom stereocenters. The molecule has 4 nitrogen and oxygen atoms in total. The minimum Gasteiger partial charge on any atom is -0.457 e. The van der Waals surface area contributed by atoms with Crippen LogP contribution in [0.4, 0.5) is 0 Å². The van der Waals surface area contributed by atoms with Crippen molar-refractivity contribution in [1.29, 1.82) is 0 Å². The molecule has 2 aromatic carbocycles. The summed E-state index contributed by atoms with van der Waals surface area (Å²) in [4.78, 5) is 10.8. The highest BCUT2D eigenvalue weighted by atomic mass is 16.5. The minimum atomic E-state index is 0.392. The highest BCUT2D eigenvalue weighted by Gasteiger charge is 2.06. The fraction of sp³-hybridized carbons (Fsp3) is 0. The van der Waals surface area contributed by atoms with Gasteiger partial charge in [0.25, 0.3) is 0 Å². The van der Waals surface area contributed by atoms with Gasteiger partial charge in [0.05, 0.1) is 5.52 Å². The summed E-state index contributed by atoms with van der Waals surface area (Å²) < 4.78 is 5.70. The van der Waals surface area contributed by atoms with Crippen LogP contribution in [-0.2, 0) is 0 Å². The standard InChI is InChI=1S/C14H10N2O2/c17-9-14-12-8-11(6-7-13(12)15-16-14)18-10-4-2-1-3-5-10/h1-9H,(H,15,16). The Morgan fingerprint density at radius 1 is 1.06 bits per heavy atom. The molecular formula is C14H10N2O2. The molecule has 0 unspecified atom stereocenters. The zero-order valence-electron chi connectivity index (χ0n) is 9.46. The van der Waals surface area contributed by atoms with E-state index in [1.165, 1.54) is 0 Å². The predicted molar refractivity (Wildman–Crippen MR) is 68.0 cm³/mol. The maximum Gasteiger partial charge on any atom is 0.170 e. The lowest BCUT2D eigenvalue weighted by Crippen LogP contribution is -1.84. The molecule has 3 aromatic rings. The van der Waals surface area contributed by atoms with Crippen molar-refractivity contribution in [2.24, 2.45) is 0 Å². The number of carbonyl (C=O) groups excluding carboxylic acids is 1. The molecule has 0 saturated heterocycles. The van der Waals surface area contributed by atoms with E-state index in [-0.39, 0.29) is 0 Å². The summed E-state index contributed by atoms with van der Waals surface area (Å²) in [5.74, 6) is 1.44. The Bertz CT molecular complexity index is 689. The lowest BCUT2D eigenvalue weighted by molar-refractivity contribution is 0.112. The molecule has 1 heterocycles. The number of nitrogens with one attached hydrogen (secondary N) is 1.